The van der Waals surface area contributed by atoms with E-state index in [4.69, 9.17) is 4.74 Å². The van der Waals surface area contributed by atoms with Crippen molar-refractivity contribution in [3.63, 3.8) is 0 Å². The standard InChI is InChI=1S/C16H27N5O2/c1-12-17-13(2)21(19-12)10-15-4-3-7-20(15)11-16(22)18-14-5-8-23-9-6-14/h14-15H,3-11H2,1-2H3,(H,18,22)/t15-/m0/s1. The van der Waals surface area contributed by atoms with Crippen molar-refractivity contribution >= 4 is 5.91 Å². The number of amides is 1. The van der Waals surface area contributed by atoms with Crippen LogP contribution in [0.5, 0.6) is 0 Å². The molecule has 2 aliphatic heterocycles. The molecule has 0 unspecified atom stereocenters. The van der Waals surface area contributed by atoms with Crippen LogP contribution in [0, 0.1) is 13.8 Å². The minimum Gasteiger partial charge on any atom is -0.381 e. The van der Waals surface area contributed by atoms with Gasteiger partial charge in [-0.2, -0.15) is 5.10 Å². The maximum absolute atomic E-state index is 12.3. The van der Waals surface area contributed by atoms with Gasteiger partial charge in [0.05, 0.1) is 13.1 Å². The second-order valence-corrected chi connectivity index (χ2v) is 6.61. The van der Waals surface area contributed by atoms with Crippen LogP contribution >= 0.6 is 0 Å². The number of carbonyl (C=O) groups excluding carboxylic acids is 1. The van der Waals surface area contributed by atoms with Crippen molar-refractivity contribution in [1.29, 1.82) is 0 Å². The van der Waals surface area contributed by atoms with Crippen molar-refractivity contribution in [2.75, 3.05) is 26.3 Å². The van der Waals surface area contributed by atoms with Crippen LogP contribution in [0.3, 0.4) is 0 Å². The van der Waals surface area contributed by atoms with E-state index in [1.807, 2.05) is 18.5 Å². The van der Waals surface area contributed by atoms with Gasteiger partial charge in [-0.3, -0.25) is 9.69 Å². The Labute approximate surface area is 137 Å². The van der Waals surface area contributed by atoms with Gasteiger partial charge in [-0.15, -0.1) is 0 Å². The zero-order chi connectivity index (χ0) is 16.2. The lowest BCUT2D eigenvalue weighted by atomic mass is 10.1. The molecule has 0 aromatic carbocycles. The first-order chi connectivity index (χ1) is 11.1. The zero-order valence-corrected chi connectivity index (χ0v) is 14.1. The summed E-state index contributed by atoms with van der Waals surface area (Å²) in [5, 5.41) is 7.60. The molecule has 1 amide bonds. The minimum atomic E-state index is 0.135. The fourth-order valence-corrected chi connectivity index (χ4v) is 3.54. The second-order valence-electron chi connectivity index (χ2n) is 6.61. The van der Waals surface area contributed by atoms with E-state index in [9.17, 15) is 4.79 Å². The van der Waals surface area contributed by atoms with E-state index in [2.05, 4.69) is 20.3 Å². The Bertz CT molecular complexity index is 539. The summed E-state index contributed by atoms with van der Waals surface area (Å²) >= 11 is 0. The first-order valence-corrected chi connectivity index (χ1v) is 8.61. The number of nitrogens with zero attached hydrogens (tertiary/aromatic N) is 4. The molecule has 3 rings (SSSR count). The summed E-state index contributed by atoms with van der Waals surface area (Å²) in [5.74, 6) is 1.89. The Hall–Kier alpha value is -1.47. The predicted octanol–water partition coefficient (Wildman–Crippen LogP) is 0.655. The molecule has 23 heavy (non-hydrogen) atoms. The van der Waals surface area contributed by atoms with Crippen molar-refractivity contribution in [1.82, 2.24) is 25.0 Å². The van der Waals surface area contributed by atoms with Crippen LogP contribution in [0.4, 0.5) is 0 Å². The van der Waals surface area contributed by atoms with Crippen molar-refractivity contribution in [3.05, 3.63) is 11.6 Å². The van der Waals surface area contributed by atoms with Crippen LogP contribution < -0.4 is 5.32 Å². The average molecular weight is 321 g/mol. The van der Waals surface area contributed by atoms with Crippen molar-refractivity contribution < 1.29 is 9.53 Å². The van der Waals surface area contributed by atoms with Crippen LogP contribution in [0.25, 0.3) is 0 Å². The number of aryl methyl sites for hydroxylation is 2. The summed E-state index contributed by atoms with van der Waals surface area (Å²) in [4.78, 5) is 18.9. The van der Waals surface area contributed by atoms with Gasteiger partial charge in [-0.1, -0.05) is 0 Å². The van der Waals surface area contributed by atoms with Crippen LogP contribution in [0.15, 0.2) is 0 Å². The number of likely N-dealkylation sites (tertiary alicyclic amines) is 1. The highest BCUT2D eigenvalue weighted by atomic mass is 16.5. The molecule has 0 saturated carbocycles. The third-order valence-electron chi connectivity index (χ3n) is 4.78. The van der Waals surface area contributed by atoms with E-state index in [0.717, 1.165) is 63.6 Å². The number of hydrogen-bond donors (Lipinski definition) is 1. The quantitative estimate of drug-likeness (QED) is 0.862. The third-order valence-corrected chi connectivity index (χ3v) is 4.78. The molecule has 2 saturated heterocycles. The molecule has 128 valence electrons. The lowest BCUT2D eigenvalue weighted by molar-refractivity contribution is -0.123. The molecule has 1 atom stereocenters. The average Bonchev–Trinajstić information content (AvgIpc) is 3.07. The molecular formula is C16H27N5O2. The molecule has 0 bridgehead atoms. The summed E-state index contributed by atoms with van der Waals surface area (Å²) in [7, 11) is 0. The van der Waals surface area contributed by atoms with Crippen LogP contribution in [-0.4, -0.2) is 64.0 Å². The highest BCUT2D eigenvalue weighted by Crippen LogP contribution is 2.19. The Balaban J connectivity index is 1.52. The van der Waals surface area contributed by atoms with E-state index in [1.165, 1.54) is 0 Å². The number of nitrogens with one attached hydrogen (secondary N) is 1. The molecule has 3 heterocycles. The van der Waals surface area contributed by atoms with Gasteiger partial charge in [-0.25, -0.2) is 9.67 Å². The maximum atomic E-state index is 12.3. The maximum Gasteiger partial charge on any atom is 0.234 e. The number of aromatic nitrogens is 3. The number of carbonyl (C=O) groups is 1. The van der Waals surface area contributed by atoms with Gasteiger partial charge in [0.1, 0.15) is 11.6 Å². The lowest BCUT2D eigenvalue weighted by Gasteiger charge is -2.27. The molecule has 0 aliphatic carbocycles. The summed E-state index contributed by atoms with van der Waals surface area (Å²) in [6.45, 7) is 7.68. The molecule has 7 nitrogen and oxygen atoms in total. The highest BCUT2D eigenvalue weighted by molar-refractivity contribution is 5.78. The number of hydrogen-bond acceptors (Lipinski definition) is 5. The molecule has 1 N–H and O–H groups in total. The van der Waals surface area contributed by atoms with Gasteiger partial charge < -0.3 is 10.1 Å². The molecule has 0 spiro atoms. The fourth-order valence-electron chi connectivity index (χ4n) is 3.54. The summed E-state index contributed by atoms with van der Waals surface area (Å²) in [6.07, 6.45) is 4.10. The van der Waals surface area contributed by atoms with E-state index < -0.39 is 0 Å². The Morgan fingerprint density at radius 1 is 1.30 bits per heavy atom. The zero-order valence-electron chi connectivity index (χ0n) is 14.1. The van der Waals surface area contributed by atoms with Gasteiger partial charge in [0, 0.05) is 25.3 Å². The molecule has 0 radical (unpaired) electrons. The monoisotopic (exact) mass is 321 g/mol. The van der Waals surface area contributed by atoms with Gasteiger partial charge in [0.15, 0.2) is 0 Å². The second kappa shape index (κ2) is 7.40. The van der Waals surface area contributed by atoms with E-state index in [1.54, 1.807) is 0 Å². The molecule has 1 aromatic rings. The summed E-state index contributed by atoms with van der Waals surface area (Å²) < 4.78 is 7.30. The van der Waals surface area contributed by atoms with Crippen LogP contribution in [0.2, 0.25) is 0 Å². The first-order valence-electron chi connectivity index (χ1n) is 8.61. The van der Waals surface area contributed by atoms with Crippen LogP contribution in [-0.2, 0) is 16.1 Å². The molecule has 7 heteroatoms. The SMILES string of the molecule is Cc1nc(C)n(C[C@@H]2CCCN2CC(=O)NC2CCOCC2)n1. The number of ether oxygens (including phenoxy) is 1. The summed E-state index contributed by atoms with van der Waals surface area (Å²) in [6, 6.07) is 0.646. The lowest BCUT2D eigenvalue weighted by Crippen LogP contribution is -2.46. The van der Waals surface area contributed by atoms with E-state index >= 15 is 0 Å². The van der Waals surface area contributed by atoms with Gasteiger partial charge in [0.2, 0.25) is 5.91 Å². The number of rotatable bonds is 5. The molecule has 1 aromatic heterocycles. The van der Waals surface area contributed by atoms with E-state index in [-0.39, 0.29) is 11.9 Å². The molecule has 2 fully saturated rings. The minimum absolute atomic E-state index is 0.135. The van der Waals surface area contributed by atoms with E-state index in [0.29, 0.717) is 12.6 Å². The third kappa shape index (κ3) is 4.29. The smallest absolute Gasteiger partial charge is 0.234 e. The van der Waals surface area contributed by atoms with Gasteiger partial charge >= 0.3 is 0 Å². The fraction of sp³-hybridized carbons (Fsp3) is 0.812. The molecule has 2 aliphatic rings. The predicted molar refractivity (Wildman–Crippen MR) is 86.1 cm³/mol. The highest BCUT2D eigenvalue weighted by Gasteiger charge is 2.28. The van der Waals surface area contributed by atoms with Crippen molar-refractivity contribution in [3.8, 4) is 0 Å². The van der Waals surface area contributed by atoms with Crippen molar-refractivity contribution in [2.24, 2.45) is 0 Å². The Morgan fingerprint density at radius 3 is 2.78 bits per heavy atom. The largest absolute Gasteiger partial charge is 0.381 e. The van der Waals surface area contributed by atoms with Gasteiger partial charge in [0.25, 0.3) is 0 Å². The Morgan fingerprint density at radius 2 is 2.09 bits per heavy atom. The van der Waals surface area contributed by atoms with Crippen molar-refractivity contribution in [2.45, 2.75) is 58.2 Å². The topological polar surface area (TPSA) is 72.3 Å². The summed E-state index contributed by atoms with van der Waals surface area (Å²) in [5.41, 5.74) is 0. The molecular weight excluding hydrogens is 294 g/mol. The first kappa shape index (κ1) is 16.4. The normalized spacial score (nSPS) is 23.3. The van der Waals surface area contributed by atoms with Gasteiger partial charge in [-0.05, 0) is 46.1 Å². The Kier molecular flexibility index (Phi) is 5.27. The van der Waals surface area contributed by atoms with Crippen LogP contribution in [0.1, 0.15) is 37.3 Å².